The Kier molecular flexibility index (Phi) is 2.92. The van der Waals surface area contributed by atoms with E-state index in [-0.39, 0.29) is 0 Å². The number of benzene rings is 2. The molecule has 0 bridgehead atoms. The topological polar surface area (TPSA) is 0 Å². The molecule has 0 radical (unpaired) electrons. The second-order valence-corrected chi connectivity index (χ2v) is 8.99. The maximum Gasteiger partial charge on any atom is 0.259 e. The van der Waals surface area contributed by atoms with Gasteiger partial charge < -0.3 is 0 Å². The molecule has 0 N–H and O–H groups in total. The van der Waals surface area contributed by atoms with E-state index in [4.69, 9.17) is 0 Å². The van der Waals surface area contributed by atoms with Crippen molar-refractivity contribution >= 4 is 47.0 Å². The van der Waals surface area contributed by atoms with E-state index < -0.39 is 0 Å². The van der Waals surface area contributed by atoms with E-state index in [0.717, 1.165) is 0 Å². The quantitative estimate of drug-likeness (QED) is 0.531. The summed E-state index contributed by atoms with van der Waals surface area (Å²) in [5.74, 6) is 0. The van der Waals surface area contributed by atoms with Gasteiger partial charge >= 0.3 is 0 Å². The van der Waals surface area contributed by atoms with Crippen LogP contribution in [0, 0.1) is 0 Å². The fourth-order valence-electron chi connectivity index (χ4n) is 1.93. The summed E-state index contributed by atoms with van der Waals surface area (Å²) in [7, 11) is 0. The first-order valence-electron chi connectivity index (χ1n) is 5.62. The molecule has 2 aromatic carbocycles. The zero-order valence-electron chi connectivity index (χ0n) is 9.33. The number of fused-ring (bicyclic) bond motifs is 2. The Morgan fingerprint density at radius 2 is 1.06 bits per heavy atom. The number of thioether (sulfide) groups is 2. The second-order valence-electron chi connectivity index (χ2n) is 3.97. The van der Waals surface area contributed by atoms with Crippen LogP contribution >= 0.6 is 23.5 Å². The van der Waals surface area contributed by atoms with Gasteiger partial charge in [0.2, 0.25) is 0 Å². The lowest BCUT2D eigenvalue weighted by atomic mass is 10.4. The van der Waals surface area contributed by atoms with Crippen LogP contribution in [0.25, 0.3) is 0 Å². The van der Waals surface area contributed by atoms with Gasteiger partial charge in [0.15, 0.2) is 9.79 Å². The Hall–Kier alpha value is -0.420. The summed E-state index contributed by atoms with van der Waals surface area (Å²) >= 11 is 6.65. The van der Waals surface area contributed by atoms with Gasteiger partial charge in [-0.3, -0.25) is 0 Å². The lowest BCUT2D eigenvalue weighted by Crippen LogP contribution is -1.81. The smallest absolute Gasteiger partial charge is 0.0608 e. The first-order chi connectivity index (χ1) is 8.90. The fraction of sp³-hybridized carbons (Fsp3) is 0. The molecule has 0 aliphatic carbocycles. The van der Waals surface area contributed by atoms with Crippen LogP contribution in [0.15, 0.2) is 76.6 Å². The van der Waals surface area contributed by atoms with Crippen molar-refractivity contribution in [3.05, 3.63) is 57.0 Å². The molecule has 0 nitrogen and oxygen atoms in total. The summed E-state index contributed by atoms with van der Waals surface area (Å²) in [6, 6.07) is 17.4. The maximum atomic E-state index is 2.24. The Bertz CT molecular complexity index is 549. The number of thiol groups is 2. The Morgan fingerprint density at radius 1 is 0.611 bits per heavy atom. The maximum absolute atomic E-state index is 2.24. The van der Waals surface area contributed by atoms with Crippen LogP contribution in [0.4, 0.5) is 0 Å². The summed E-state index contributed by atoms with van der Waals surface area (Å²) in [6.07, 6.45) is 0. The van der Waals surface area contributed by atoms with Crippen molar-refractivity contribution in [2.45, 2.75) is 19.6 Å². The molecule has 0 aromatic heterocycles. The average Bonchev–Trinajstić information content (AvgIpc) is 3.02. The Morgan fingerprint density at radius 3 is 1.50 bits per heavy atom. The van der Waals surface area contributed by atoms with Crippen LogP contribution in [0.2, 0.25) is 0 Å². The minimum Gasteiger partial charge on any atom is -0.0608 e. The Balaban J connectivity index is 1.70. The van der Waals surface area contributed by atoms with E-state index in [9.17, 15) is 0 Å². The van der Waals surface area contributed by atoms with Crippen molar-refractivity contribution in [2.75, 3.05) is 0 Å². The predicted octanol–water partition coefficient (Wildman–Crippen LogP) is 4.07. The zero-order valence-corrected chi connectivity index (χ0v) is 12.8. The summed E-state index contributed by atoms with van der Waals surface area (Å²) < 4.78 is 3.03. The highest BCUT2D eigenvalue weighted by molar-refractivity contribution is 8.22. The monoisotopic (exact) mass is 306 g/mol. The van der Waals surface area contributed by atoms with Crippen molar-refractivity contribution in [1.29, 1.82) is 0 Å². The van der Waals surface area contributed by atoms with Crippen LogP contribution in [0.5, 0.6) is 0 Å². The van der Waals surface area contributed by atoms with Crippen molar-refractivity contribution in [3.8, 4) is 0 Å². The molecular formula is C14H10S4+2. The summed E-state index contributed by atoms with van der Waals surface area (Å²) in [5, 5.41) is 0. The Labute approximate surface area is 123 Å². The number of hydrogen-bond acceptors (Lipinski definition) is 2. The minimum atomic E-state index is 1.38. The molecular weight excluding hydrogens is 296 g/mol. The van der Waals surface area contributed by atoms with E-state index in [1.54, 1.807) is 0 Å². The highest BCUT2D eigenvalue weighted by Crippen LogP contribution is 2.50. The largest absolute Gasteiger partial charge is 0.259 e. The van der Waals surface area contributed by atoms with Crippen molar-refractivity contribution in [3.63, 3.8) is 0 Å². The summed E-state index contributed by atoms with van der Waals surface area (Å²) in [5.41, 5.74) is 0. The van der Waals surface area contributed by atoms with Crippen molar-refractivity contribution < 1.29 is 0 Å². The molecule has 18 heavy (non-hydrogen) atoms. The third-order valence-electron chi connectivity index (χ3n) is 2.77. The lowest BCUT2D eigenvalue weighted by molar-refractivity contribution is 1.27. The SMILES string of the molecule is c1ccc2c(c1)SC(=C1Sc3ccccc3[SH+]1)[SH+]2. The molecule has 2 heterocycles. The molecule has 0 saturated heterocycles. The lowest BCUT2D eigenvalue weighted by Gasteiger charge is -1.86. The third-order valence-corrected chi connectivity index (χ3v) is 8.84. The van der Waals surface area contributed by atoms with Crippen molar-refractivity contribution in [2.24, 2.45) is 0 Å². The van der Waals surface area contributed by atoms with E-state index in [1.165, 1.54) is 51.6 Å². The first kappa shape index (κ1) is 11.4. The average molecular weight is 307 g/mol. The normalized spacial score (nSPS) is 20.9. The van der Waals surface area contributed by atoms with Gasteiger partial charge in [-0.2, -0.15) is 0 Å². The highest BCUT2D eigenvalue weighted by Gasteiger charge is 2.38. The molecule has 4 rings (SSSR count). The van der Waals surface area contributed by atoms with Gasteiger partial charge in [0.05, 0.1) is 33.3 Å². The van der Waals surface area contributed by atoms with Gasteiger partial charge in [0, 0.05) is 0 Å². The molecule has 4 heteroatoms. The standard InChI is InChI=1S/C14H8S4/c1-2-6-10-9(5-1)15-13(16-10)14-17-11-7-3-4-8-12(11)18-14/h1-8H/p+2. The van der Waals surface area contributed by atoms with Crippen LogP contribution < -0.4 is 0 Å². The van der Waals surface area contributed by atoms with E-state index in [1.807, 2.05) is 23.5 Å². The zero-order chi connectivity index (χ0) is 11.9. The van der Waals surface area contributed by atoms with Gasteiger partial charge in [-0.25, -0.2) is 0 Å². The molecule has 2 aliphatic heterocycles. The van der Waals surface area contributed by atoms with E-state index >= 15 is 0 Å². The molecule has 2 aliphatic rings. The van der Waals surface area contributed by atoms with Gasteiger partial charge in [0.25, 0.3) is 8.47 Å². The van der Waals surface area contributed by atoms with Gasteiger partial charge in [0.1, 0.15) is 0 Å². The van der Waals surface area contributed by atoms with Gasteiger partial charge in [-0.05, 0) is 47.8 Å². The van der Waals surface area contributed by atoms with Crippen LogP contribution in [0.1, 0.15) is 0 Å². The third kappa shape index (κ3) is 1.92. The fourth-order valence-corrected chi connectivity index (χ4v) is 7.67. The highest BCUT2D eigenvalue weighted by atomic mass is 32.2. The molecule has 0 fully saturated rings. The number of rotatable bonds is 0. The van der Waals surface area contributed by atoms with E-state index in [0.29, 0.717) is 0 Å². The first-order valence-corrected chi connectivity index (χ1v) is 9.04. The molecule has 0 atom stereocenters. The number of hydrogen-bond donors (Lipinski definition) is 0. The second kappa shape index (κ2) is 4.60. The van der Waals surface area contributed by atoms with Crippen molar-refractivity contribution in [1.82, 2.24) is 0 Å². The molecule has 0 spiro atoms. The van der Waals surface area contributed by atoms with E-state index in [2.05, 4.69) is 48.5 Å². The van der Waals surface area contributed by atoms with Gasteiger partial charge in [-0.1, -0.05) is 24.3 Å². The molecule has 2 aromatic rings. The minimum absolute atomic E-state index is 1.38. The van der Waals surface area contributed by atoms with Crippen LogP contribution in [-0.2, 0) is 23.5 Å². The van der Waals surface area contributed by atoms with Crippen LogP contribution in [-0.4, -0.2) is 0 Å². The predicted molar refractivity (Wildman–Crippen MR) is 85.7 cm³/mol. The molecule has 0 saturated carbocycles. The molecule has 0 unspecified atom stereocenters. The molecule has 88 valence electrons. The summed E-state index contributed by atoms with van der Waals surface area (Å²) in [6.45, 7) is 0. The van der Waals surface area contributed by atoms with Crippen LogP contribution in [0.3, 0.4) is 0 Å². The summed E-state index contributed by atoms with van der Waals surface area (Å²) in [4.78, 5) is 5.76. The van der Waals surface area contributed by atoms with Gasteiger partial charge in [-0.15, -0.1) is 0 Å². The molecule has 0 amide bonds.